The van der Waals surface area contributed by atoms with Crippen molar-refractivity contribution >= 4 is 22.8 Å². The van der Waals surface area contributed by atoms with E-state index < -0.39 is 0 Å². The molecule has 2 rings (SSSR count). The van der Waals surface area contributed by atoms with Gasteiger partial charge in [-0.3, -0.25) is 4.79 Å². The third kappa shape index (κ3) is 2.08. The number of hydrogen-bond acceptors (Lipinski definition) is 5. The number of rotatable bonds is 1. The molecule has 0 aromatic heterocycles. The van der Waals surface area contributed by atoms with Gasteiger partial charge in [0.05, 0.1) is 25.1 Å². The van der Waals surface area contributed by atoms with Gasteiger partial charge in [-0.25, -0.2) is 0 Å². The SMILES string of the molecule is O=C1CSC(N2CCOC(CO)C2)=N1. The van der Waals surface area contributed by atoms with Gasteiger partial charge in [0.15, 0.2) is 5.17 Å². The molecule has 1 N–H and O–H groups in total. The van der Waals surface area contributed by atoms with Crippen LogP contribution < -0.4 is 0 Å². The Morgan fingerprint density at radius 1 is 1.71 bits per heavy atom. The van der Waals surface area contributed by atoms with Crippen molar-refractivity contribution in [3.63, 3.8) is 0 Å². The molecule has 1 saturated heterocycles. The second-order valence-electron chi connectivity index (χ2n) is 3.20. The summed E-state index contributed by atoms with van der Waals surface area (Å²) in [6, 6.07) is 0. The molecule has 1 unspecified atom stereocenters. The smallest absolute Gasteiger partial charge is 0.258 e. The molecule has 6 heteroatoms. The van der Waals surface area contributed by atoms with Gasteiger partial charge in [0.2, 0.25) is 0 Å². The quantitative estimate of drug-likeness (QED) is 0.628. The van der Waals surface area contributed by atoms with Crippen molar-refractivity contribution in [1.82, 2.24) is 4.90 Å². The van der Waals surface area contributed by atoms with Crippen LogP contribution in [0.25, 0.3) is 0 Å². The zero-order valence-electron chi connectivity index (χ0n) is 7.68. The minimum atomic E-state index is -0.150. The molecule has 0 saturated carbocycles. The third-order valence-electron chi connectivity index (χ3n) is 2.16. The Balaban J connectivity index is 1.97. The van der Waals surface area contributed by atoms with E-state index in [2.05, 4.69) is 4.99 Å². The van der Waals surface area contributed by atoms with Crippen LogP contribution in [-0.4, -0.2) is 59.2 Å². The number of aliphatic hydroxyl groups is 1. The van der Waals surface area contributed by atoms with Crippen LogP contribution in [0.15, 0.2) is 4.99 Å². The highest BCUT2D eigenvalue weighted by Crippen LogP contribution is 2.18. The van der Waals surface area contributed by atoms with Gasteiger partial charge < -0.3 is 14.7 Å². The number of hydrogen-bond donors (Lipinski definition) is 1. The van der Waals surface area contributed by atoms with Crippen LogP contribution in [0, 0.1) is 0 Å². The fourth-order valence-corrected chi connectivity index (χ4v) is 2.29. The number of nitrogens with zero attached hydrogens (tertiary/aromatic N) is 2. The maximum Gasteiger partial charge on any atom is 0.258 e. The van der Waals surface area contributed by atoms with Crippen molar-refractivity contribution in [1.29, 1.82) is 0 Å². The summed E-state index contributed by atoms with van der Waals surface area (Å²) < 4.78 is 5.30. The molecule has 2 aliphatic rings. The summed E-state index contributed by atoms with van der Waals surface area (Å²) in [4.78, 5) is 16.8. The highest BCUT2D eigenvalue weighted by Gasteiger charge is 2.26. The number of ether oxygens (including phenoxy) is 1. The summed E-state index contributed by atoms with van der Waals surface area (Å²) in [5.74, 6) is 0.369. The van der Waals surface area contributed by atoms with Crippen LogP contribution in [0.4, 0.5) is 0 Å². The van der Waals surface area contributed by atoms with Crippen LogP contribution in [0.1, 0.15) is 0 Å². The van der Waals surface area contributed by atoms with E-state index in [0.29, 0.717) is 18.9 Å². The largest absolute Gasteiger partial charge is 0.394 e. The van der Waals surface area contributed by atoms with Gasteiger partial charge in [0.1, 0.15) is 0 Å². The van der Waals surface area contributed by atoms with E-state index in [0.717, 1.165) is 11.7 Å². The molecular formula is C8H12N2O3S. The molecule has 1 atom stereocenters. The van der Waals surface area contributed by atoms with Gasteiger partial charge >= 0.3 is 0 Å². The zero-order valence-corrected chi connectivity index (χ0v) is 8.50. The maximum atomic E-state index is 10.9. The average molecular weight is 216 g/mol. The molecule has 0 bridgehead atoms. The first-order valence-corrected chi connectivity index (χ1v) is 5.50. The third-order valence-corrected chi connectivity index (χ3v) is 3.16. The Hall–Kier alpha value is -0.590. The van der Waals surface area contributed by atoms with E-state index in [-0.39, 0.29) is 18.6 Å². The van der Waals surface area contributed by atoms with E-state index >= 15 is 0 Å². The first kappa shape index (κ1) is 9.95. The number of aliphatic hydroxyl groups excluding tert-OH is 1. The molecule has 0 aromatic rings. The summed E-state index contributed by atoms with van der Waals surface area (Å²) in [5, 5.41) is 9.71. The Morgan fingerprint density at radius 3 is 3.21 bits per heavy atom. The normalized spacial score (nSPS) is 28.1. The number of amides is 1. The number of thioether (sulfide) groups is 1. The fraction of sp³-hybridized carbons (Fsp3) is 0.750. The summed E-state index contributed by atoms with van der Waals surface area (Å²) in [6.45, 7) is 1.96. The van der Waals surface area contributed by atoms with Crippen molar-refractivity contribution in [3.8, 4) is 0 Å². The minimum absolute atomic E-state index is 0.0163. The Morgan fingerprint density at radius 2 is 2.57 bits per heavy atom. The summed E-state index contributed by atoms with van der Waals surface area (Å²) in [6.07, 6.45) is -0.150. The topological polar surface area (TPSA) is 62.1 Å². The van der Waals surface area contributed by atoms with Crippen LogP contribution >= 0.6 is 11.8 Å². The molecule has 5 nitrogen and oxygen atoms in total. The van der Waals surface area contributed by atoms with Crippen LogP contribution in [0.3, 0.4) is 0 Å². The van der Waals surface area contributed by atoms with Crippen molar-refractivity contribution in [3.05, 3.63) is 0 Å². The van der Waals surface area contributed by atoms with Gasteiger partial charge in [0, 0.05) is 13.1 Å². The molecule has 0 aliphatic carbocycles. The molecule has 0 aromatic carbocycles. The van der Waals surface area contributed by atoms with E-state index in [1.54, 1.807) is 0 Å². The van der Waals surface area contributed by atoms with Gasteiger partial charge in [-0.15, -0.1) is 0 Å². The standard InChI is InChI=1S/C8H12N2O3S/c11-4-6-3-10(1-2-13-6)8-9-7(12)5-14-8/h6,11H,1-5H2. The Bertz CT molecular complexity index is 269. The van der Waals surface area contributed by atoms with Gasteiger partial charge in [-0.2, -0.15) is 4.99 Å². The molecule has 2 heterocycles. The fourth-order valence-electron chi connectivity index (χ4n) is 1.46. The summed E-state index contributed by atoms with van der Waals surface area (Å²) in [7, 11) is 0. The van der Waals surface area contributed by atoms with Crippen LogP contribution in [0.2, 0.25) is 0 Å². The number of morpholine rings is 1. The first-order chi connectivity index (χ1) is 6.79. The lowest BCUT2D eigenvalue weighted by Gasteiger charge is -2.32. The molecule has 1 amide bonds. The second-order valence-corrected chi connectivity index (χ2v) is 4.14. The molecule has 1 fully saturated rings. The number of amidine groups is 1. The zero-order chi connectivity index (χ0) is 9.97. The van der Waals surface area contributed by atoms with E-state index in [1.165, 1.54) is 11.8 Å². The van der Waals surface area contributed by atoms with E-state index in [9.17, 15) is 4.79 Å². The highest BCUT2D eigenvalue weighted by molar-refractivity contribution is 8.14. The molecule has 14 heavy (non-hydrogen) atoms. The van der Waals surface area contributed by atoms with Crippen molar-refractivity contribution in [2.75, 3.05) is 32.1 Å². The maximum absolute atomic E-state index is 10.9. The van der Waals surface area contributed by atoms with Crippen molar-refractivity contribution in [2.24, 2.45) is 4.99 Å². The number of carbonyl (C=O) groups excluding carboxylic acids is 1. The van der Waals surface area contributed by atoms with Gasteiger partial charge in [0.25, 0.3) is 5.91 Å². The highest BCUT2D eigenvalue weighted by atomic mass is 32.2. The Labute approximate surface area is 86.1 Å². The summed E-state index contributed by atoms with van der Waals surface area (Å²) >= 11 is 1.46. The van der Waals surface area contributed by atoms with Gasteiger partial charge in [-0.1, -0.05) is 11.8 Å². The number of carbonyl (C=O) groups is 1. The summed E-state index contributed by atoms with van der Waals surface area (Å²) in [5.41, 5.74) is 0. The predicted octanol–water partition coefficient (Wildman–Crippen LogP) is -0.691. The van der Waals surface area contributed by atoms with E-state index in [1.807, 2.05) is 4.90 Å². The molecule has 0 radical (unpaired) electrons. The molecule has 78 valence electrons. The minimum Gasteiger partial charge on any atom is -0.394 e. The number of aliphatic imine (C=N–C) groups is 1. The Kier molecular flexibility index (Phi) is 3.05. The van der Waals surface area contributed by atoms with E-state index in [4.69, 9.17) is 9.84 Å². The second kappa shape index (κ2) is 4.29. The lowest BCUT2D eigenvalue weighted by atomic mass is 10.3. The van der Waals surface area contributed by atoms with Crippen molar-refractivity contribution in [2.45, 2.75) is 6.10 Å². The van der Waals surface area contributed by atoms with Crippen LogP contribution in [0.5, 0.6) is 0 Å². The van der Waals surface area contributed by atoms with Crippen molar-refractivity contribution < 1.29 is 14.6 Å². The first-order valence-electron chi connectivity index (χ1n) is 4.51. The lowest BCUT2D eigenvalue weighted by molar-refractivity contribution is -0.115. The molecule has 0 spiro atoms. The molecule has 2 aliphatic heterocycles. The lowest BCUT2D eigenvalue weighted by Crippen LogP contribution is -2.45. The van der Waals surface area contributed by atoms with Gasteiger partial charge in [-0.05, 0) is 0 Å². The predicted molar refractivity (Wildman–Crippen MR) is 53.3 cm³/mol. The monoisotopic (exact) mass is 216 g/mol. The average Bonchev–Trinajstić information content (AvgIpc) is 2.65. The van der Waals surface area contributed by atoms with Crippen LogP contribution in [-0.2, 0) is 9.53 Å². The molecular weight excluding hydrogens is 204 g/mol.